The van der Waals surface area contributed by atoms with E-state index >= 15 is 0 Å². The number of para-hydroxylation sites is 4. The van der Waals surface area contributed by atoms with Gasteiger partial charge >= 0.3 is 0 Å². The summed E-state index contributed by atoms with van der Waals surface area (Å²) in [7, 11) is 0. The summed E-state index contributed by atoms with van der Waals surface area (Å²) in [5.41, 5.74) is 51.2. The molecule has 0 atom stereocenters. The minimum Gasteiger partial charge on any atom is -0.458 e. The molecule has 6 nitrogen and oxygen atoms in total. The molecule has 21 rings (SSSR count). The van der Waals surface area contributed by atoms with E-state index in [9.17, 15) is 0 Å². The smallest absolute Gasteiger partial charge is 0.260 e. The summed E-state index contributed by atoms with van der Waals surface area (Å²) in [4.78, 5) is 7.94. The summed E-state index contributed by atoms with van der Waals surface area (Å²) in [6.07, 6.45) is 0. The number of anilines is 11. The van der Waals surface area contributed by atoms with E-state index in [4.69, 9.17) is 9.47 Å². The Hall–Kier alpha value is -11.1. The number of aryl methyl sites for hydroxylation is 12. The molecular weight excluding hydrogens is 1270 g/mol. The molecule has 8 heterocycles. The summed E-state index contributed by atoms with van der Waals surface area (Å²) in [5.74, 6) is 3.34. The number of hydrogen-bond acceptors (Lipinski definition) is 6. The maximum atomic E-state index is 7.87. The third kappa shape index (κ3) is 8.36. The molecule has 1 N–H and O–H groups in total. The van der Waals surface area contributed by atoms with Crippen LogP contribution in [0.1, 0.15) is 117 Å². The van der Waals surface area contributed by atoms with Gasteiger partial charge < -0.3 is 29.5 Å². The van der Waals surface area contributed by atoms with Crippen LogP contribution in [0, 0.1) is 83.1 Å². The minimum atomic E-state index is -0.294. The number of nitrogens with zero attached hydrogens (tertiary/aromatic N) is 3. The zero-order chi connectivity index (χ0) is 71.8. The molecule has 506 valence electrons. The third-order valence-corrected chi connectivity index (χ3v) is 25.5. The van der Waals surface area contributed by atoms with Crippen LogP contribution in [-0.4, -0.2) is 20.1 Å². The van der Waals surface area contributed by atoms with Gasteiger partial charge in [-0.15, -0.1) is 0 Å². The van der Waals surface area contributed by atoms with Crippen molar-refractivity contribution in [2.24, 2.45) is 0 Å². The molecule has 13 aromatic rings. The molecular formula is C96H81B3N4O2. The molecule has 0 saturated carbocycles. The highest BCUT2D eigenvalue weighted by atomic mass is 16.5. The Kier molecular flexibility index (Phi) is 12.7. The summed E-state index contributed by atoms with van der Waals surface area (Å²) in [6, 6.07) is 76.1. The predicted molar refractivity (Wildman–Crippen MR) is 445 cm³/mol. The molecule has 0 aliphatic carbocycles. The van der Waals surface area contributed by atoms with Gasteiger partial charge in [-0.05, 0) is 275 Å². The maximum Gasteiger partial charge on any atom is 0.260 e. The fraction of sp³-hybridized carbons (Fsp3) is 0.188. The zero-order valence-electron chi connectivity index (χ0n) is 62.9. The number of rotatable bonds is 4. The van der Waals surface area contributed by atoms with Crippen molar-refractivity contribution in [3.63, 3.8) is 0 Å². The molecule has 8 aliphatic heterocycles. The Balaban J connectivity index is 0.852. The fourth-order valence-electron chi connectivity index (χ4n) is 21.8. The van der Waals surface area contributed by atoms with Gasteiger partial charge in [-0.1, -0.05) is 183 Å². The van der Waals surface area contributed by atoms with Crippen molar-refractivity contribution in [3.8, 4) is 56.4 Å². The lowest BCUT2D eigenvalue weighted by Crippen LogP contribution is -2.65. The first-order valence-electron chi connectivity index (χ1n) is 37.7. The van der Waals surface area contributed by atoms with Crippen LogP contribution < -0.4 is 78.7 Å². The molecule has 0 radical (unpaired) electrons. The van der Waals surface area contributed by atoms with Crippen LogP contribution in [0.15, 0.2) is 194 Å². The van der Waals surface area contributed by atoms with E-state index in [2.05, 4.69) is 325 Å². The summed E-state index contributed by atoms with van der Waals surface area (Å²) >= 11 is 0. The van der Waals surface area contributed by atoms with Crippen molar-refractivity contribution < 1.29 is 9.47 Å². The van der Waals surface area contributed by atoms with Gasteiger partial charge in [0.15, 0.2) is 0 Å². The quantitative estimate of drug-likeness (QED) is 0.177. The highest BCUT2D eigenvalue weighted by Gasteiger charge is 2.53. The van der Waals surface area contributed by atoms with E-state index in [0.717, 1.165) is 62.0 Å². The summed E-state index contributed by atoms with van der Waals surface area (Å²) in [5, 5.41) is 4.23. The first kappa shape index (κ1) is 62.4. The van der Waals surface area contributed by atoms with Crippen molar-refractivity contribution in [1.29, 1.82) is 0 Å². The van der Waals surface area contributed by atoms with Gasteiger partial charge in [-0.2, -0.15) is 0 Å². The van der Waals surface area contributed by atoms with Crippen LogP contribution in [0.25, 0.3) is 33.4 Å². The normalized spacial score (nSPS) is 15.1. The molecule has 105 heavy (non-hydrogen) atoms. The van der Waals surface area contributed by atoms with Crippen molar-refractivity contribution in [2.75, 3.05) is 20.0 Å². The van der Waals surface area contributed by atoms with E-state index in [1.165, 1.54) is 195 Å². The minimum absolute atomic E-state index is 0.123. The Morgan fingerprint density at radius 2 is 0.657 bits per heavy atom. The highest BCUT2D eigenvalue weighted by Crippen LogP contribution is 2.58. The summed E-state index contributed by atoms with van der Waals surface area (Å²) < 4.78 is 15.6. The monoisotopic (exact) mass is 1350 g/mol. The van der Waals surface area contributed by atoms with Crippen LogP contribution in [0.4, 0.5) is 62.6 Å². The number of ether oxygens (including phenoxy) is 2. The molecule has 0 saturated heterocycles. The molecule has 13 aromatic carbocycles. The van der Waals surface area contributed by atoms with Gasteiger partial charge in [-0.25, -0.2) is 0 Å². The molecule has 0 unspecified atom stereocenters. The molecule has 0 bridgehead atoms. The van der Waals surface area contributed by atoms with Gasteiger partial charge in [0.2, 0.25) is 0 Å². The van der Waals surface area contributed by atoms with E-state index in [0.29, 0.717) is 0 Å². The number of benzene rings is 13. The van der Waals surface area contributed by atoms with Crippen molar-refractivity contribution >= 4 is 132 Å². The third-order valence-electron chi connectivity index (χ3n) is 25.5. The second-order valence-corrected chi connectivity index (χ2v) is 33.2. The average molecular weight is 1360 g/mol. The van der Waals surface area contributed by atoms with E-state index in [-0.39, 0.29) is 31.0 Å². The molecule has 0 spiro atoms. The standard InChI is InChI=1S/C96H81B3N4O2/c1-49-31-53(5)86(54(6)32-49)61-39-75-89-79(40-61)101-76-29-19-17-23-64(76)95(13,14)66-25-21-27-68(93(66)101)97(89)70-45-72-82(47-74(70)100-75)104-84-43-63(88-57(9)35-51(3)36-58(88)10)44-85-91(84)99(72)73-46-71-78(48-83(73)105-85)103(92-59(11)37-52(4)38-60(92)12)81-42-62(87-55(7)33-50(2)34-56(87)8)41-80-90(81)98(71)69-28-22-26-67-94(69)102(80)77-30-20-18-24-65(77)96(67,15)16/h17-48,100H,1-16H3. The van der Waals surface area contributed by atoms with Gasteiger partial charge in [0.25, 0.3) is 20.1 Å². The van der Waals surface area contributed by atoms with E-state index in [1.54, 1.807) is 0 Å². The van der Waals surface area contributed by atoms with Crippen molar-refractivity contribution in [2.45, 2.75) is 122 Å². The Morgan fingerprint density at radius 3 is 1.14 bits per heavy atom. The van der Waals surface area contributed by atoms with Crippen molar-refractivity contribution in [1.82, 2.24) is 0 Å². The second kappa shape index (κ2) is 21.3. The lowest BCUT2D eigenvalue weighted by molar-refractivity contribution is 0.465. The molecule has 8 aliphatic rings. The van der Waals surface area contributed by atoms with Crippen LogP contribution in [-0.2, 0) is 10.8 Å². The number of nitrogens with one attached hydrogen (secondary N) is 1. The fourth-order valence-corrected chi connectivity index (χ4v) is 21.8. The second-order valence-electron chi connectivity index (χ2n) is 33.2. The lowest BCUT2D eigenvalue weighted by atomic mass is 9.29. The maximum absolute atomic E-state index is 7.87. The van der Waals surface area contributed by atoms with Crippen LogP contribution in [0.3, 0.4) is 0 Å². The largest absolute Gasteiger partial charge is 0.458 e. The highest BCUT2D eigenvalue weighted by molar-refractivity contribution is 7.04. The van der Waals surface area contributed by atoms with Crippen LogP contribution >= 0.6 is 0 Å². The predicted octanol–water partition coefficient (Wildman–Crippen LogP) is 18.8. The van der Waals surface area contributed by atoms with Gasteiger partial charge in [0, 0.05) is 73.9 Å². The number of hydrogen-bond donors (Lipinski definition) is 1. The van der Waals surface area contributed by atoms with E-state index in [1.807, 2.05) is 0 Å². The average Bonchev–Trinajstić information content (AvgIpc) is 0.684. The first-order valence-corrected chi connectivity index (χ1v) is 37.7. The van der Waals surface area contributed by atoms with Crippen LogP contribution in [0.2, 0.25) is 0 Å². The Bertz CT molecular complexity index is 6140. The first-order chi connectivity index (χ1) is 50.5. The Labute approximate surface area is 618 Å². The molecule has 0 amide bonds. The topological polar surface area (TPSA) is 40.2 Å². The zero-order valence-corrected chi connectivity index (χ0v) is 62.9. The molecule has 0 fully saturated rings. The van der Waals surface area contributed by atoms with Gasteiger partial charge in [0.05, 0.1) is 17.1 Å². The van der Waals surface area contributed by atoms with Crippen molar-refractivity contribution in [3.05, 3.63) is 283 Å². The number of fused-ring (bicyclic) bond motifs is 16. The molecule has 9 heteroatoms. The van der Waals surface area contributed by atoms with Gasteiger partial charge in [0.1, 0.15) is 23.0 Å². The SMILES string of the molecule is Cc1cc(C)c(-c2cc3c4c(c2)Oc2cc5c(cc2B4c2cc4c(cc2O3)Nc2cc(-c3c(C)cc(C)cc3C)cc3c2B4c2cccc4c2N3c2ccccc2C4(C)C)B2c3cccc4c3N(c3ccccc3C4(C)C)c3cc(-c4c(C)cc(C)cc4C)cc(c32)N5c2c(C)cc(C)cc2C)c(C)c1. The lowest BCUT2D eigenvalue weighted by Gasteiger charge is -2.50. The Morgan fingerprint density at radius 1 is 0.276 bits per heavy atom. The summed E-state index contributed by atoms with van der Waals surface area (Å²) in [6.45, 7) is 36.3. The van der Waals surface area contributed by atoms with Gasteiger partial charge in [-0.3, -0.25) is 0 Å². The van der Waals surface area contributed by atoms with E-state index < -0.39 is 0 Å². The van der Waals surface area contributed by atoms with Crippen LogP contribution in [0.5, 0.6) is 23.0 Å². The molecule has 0 aromatic heterocycles.